The average Bonchev–Trinajstić information content (AvgIpc) is 2.29. The Bertz CT molecular complexity index is 569. The van der Waals surface area contributed by atoms with Crippen molar-refractivity contribution in [2.45, 2.75) is 0 Å². The summed E-state index contributed by atoms with van der Waals surface area (Å²) in [6.07, 6.45) is 2.74. The maximum absolute atomic E-state index is 10.9. The Balaban J connectivity index is 2.44. The quantitative estimate of drug-likeness (QED) is 0.821. The first-order valence-corrected chi connectivity index (χ1v) is 5.00. The van der Waals surface area contributed by atoms with Crippen molar-refractivity contribution in [2.24, 2.45) is 5.73 Å². The fourth-order valence-corrected chi connectivity index (χ4v) is 1.33. The fraction of sp³-hybridized carbons (Fsp3) is 0. The molecule has 2 rings (SSSR count). The lowest BCUT2D eigenvalue weighted by molar-refractivity contribution is 0.100. The number of aromatic nitrogens is 3. The molecule has 17 heavy (non-hydrogen) atoms. The van der Waals surface area contributed by atoms with Gasteiger partial charge in [-0.2, -0.15) is 0 Å². The molecule has 0 radical (unpaired) electrons. The average molecular weight is 250 g/mol. The summed E-state index contributed by atoms with van der Waals surface area (Å²) in [7, 11) is 0. The van der Waals surface area contributed by atoms with Crippen molar-refractivity contribution < 1.29 is 4.79 Å². The minimum atomic E-state index is -0.668. The van der Waals surface area contributed by atoms with Crippen molar-refractivity contribution in [3.63, 3.8) is 0 Å². The van der Waals surface area contributed by atoms with Gasteiger partial charge in [-0.3, -0.25) is 9.78 Å². The normalized spacial score (nSPS) is 10.2. The molecule has 2 heterocycles. The molecular formula is C10H8ClN5O. The van der Waals surface area contributed by atoms with E-state index in [1.54, 1.807) is 12.1 Å². The summed E-state index contributed by atoms with van der Waals surface area (Å²) in [4.78, 5) is 22.9. The van der Waals surface area contributed by atoms with Crippen molar-refractivity contribution in [1.29, 1.82) is 0 Å². The van der Waals surface area contributed by atoms with Crippen LogP contribution in [0.3, 0.4) is 0 Å². The van der Waals surface area contributed by atoms with Crippen LogP contribution < -0.4 is 11.5 Å². The van der Waals surface area contributed by atoms with Crippen molar-refractivity contribution in [3.8, 4) is 11.5 Å². The van der Waals surface area contributed by atoms with E-state index in [4.69, 9.17) is 23.1 Å². The molecular weight excluding hydrogens is 242 g/mol. The zero-order chi connectivity index (χ0) is 12.4. The molecule has 0 aliphatic carbocycles. The van der Waals surface area contributed by atoms with Gasteiger partial charge in [-0.1, -0.05) is 11.6 Å². The first kappa shape index (κ1) is 11.3. The molecule has 2 aromatic heterocycles. The molecule has 2 aromatic rings. The van der Waals surface area contributed by atoms with Crippen LogP contribution in [0.4, 0.5) is 5.82 Å². The van der Waals surface area contributed by atoms with E-state index in [1.165, 1.54) is 12.4 Å². The third-order valence-corrected chi connectivity index (χ3v) is 2.26. The molecule has 0 aliphatic heterocycles. The predicted octanol–water partition coefficient (Wildman–Crippen LogP) is 0.873. The second-order valence-electron chi connectivity index (χ2n) is 3.22. The minimum absolute atomic E-state index is 0.0271. The number of amides is 1. The Morgan fingerprint density at radius 3 is 2.53 bits per heavy atom. The van der Waals surface area contributed by atoms with E-state index in [1.807, 2.05) is 0 Å². The maximum Gasteiger partial charge on any atom is 0.254 e. The summed E-state index contributed by atoms with van der Waals surface area (Å²) < 4.78 is 0. The van der Waals surface area contributed by atoms with Crippen molar-refractivity contribution in [3.05, 3.63) is 35.1 Å². The van der Waals surface area contributed by atoms with Crippen LogP contribution in [0.15, 0.2) is 24.5 Å². The van der Waals surface area contributed by atoms with Gasteiger partial charge in [0.15, 0.2) is 5.82 Å². The zero-order valence-electron chi connectivity index (χ0n) is 8.59. The molecule has 0 bridgehead atoms. The van der Waals surface area contributed by atoms with Crippen LogP contribution in [0, 0.1) is 0 Å². The van der Waals surface area contributed by atoms with Gasteiger partial charge < -0.3 is 11.5 Å². The smallest absolute Gasteiger partial charge is 0.254 e. The predicted molar refractivity (Wildman–Crippen MR) is 63.2 cm³/mol. The molecule has 86 valence electrons. The van der Waals surface area contributed by atoms with Gasteiger partial charge >= 0.3 is 0 Å². The van der Waals surface area contributed by atoms with E-state index in [-0.39, 0.29) is 11.4 Å². The second-order valence-corrected chi connectivity index (χ2v) is 3.65. The van der Waals surface area contributed by atoms with Gasteiger partial charge in [0.05, 0.1) is 10.6 Å². The van der Waals surface area contributed by atoms with Gasteiger partial charge in [0.25, 0.3) is 5.91 Å². The number of rotatable bonds is 2. The van der Waals surface area contributed by atoms with Crippen molar-refractivity contribution >= 4 is 23.3 Å². The molecule has 0 aromatic carbocycles. The number of nitrogens with zero attached hydrogens (tertiary/aromatic N) is 3. The Kier molecular flexibility index (Phi) is 2.88. The molecule has 0 fully saturated rings. The monoisotopic (exact) mass is 249 g/mol. The van der Waals surface area contributed by atoms with Crippen LogP contribution in [0.5, 0.6) is 0 Å². The lowest BCUT2D eigenvalue weighted by atomic mass is 10.3. The number of hydrogen-bond acceptors (Lipinski definition) is 5. The molecule has 0 unspecified atom stereocenters. The van der Waals surface area contributed by atoms with Crippen LogP contribution in [-0.2, 0) is 0 Å². The van der Waals surface area contributed by atoms with Crippen LogP contribution in [-0.4, -0.2) is 20.9 Å². The zero-order valence-corrected chi connectivity index (χ0v) is 9.35. The Hall–Kier alpha value is -2.21. The summed E-state index contributed by atoms with van der Waals surface area (Å²) in [6.45, 7) is 0. The molecule has 7 heteroatoms. The molecule has 0 spiro atoms. The lowest BCUT2D eigenvalue weighted by Crippen LogP contribution is -2.15. The molecule has 6 nitrogen and oxygen atoms in total. The number of carbonyl (C=O) groups is 1. The third-order valence-electron chi connectivity index (χ3n) is 2.04. The lowest BCUT2D eigenvalue weighted by Gasteiger charge is -2.03. The number of halogens is 1. The van der Waals surface area contributed by atoms with Gasteiger partial charge in [0.2, 0.25) is 0 Å². The van der Waals surface area contributed by atoms with Gasteiger partial charge in [0.1, 0.15) is 11.5 Å². The van der Waals surface area contributed by atoms with E-state index in [0.29, 0.717) is 16.5 Å². The van der Waals surface area contributed by atoms with Gasteiger partial charge in [-0.05, 0) is 12.1 Å². The van der Waals surface area contributed by atoms with Crippen LogP contribution in [0.2, 0.25) is 5.02 Å². The molecule has 0 atom stereocenters. The molecule has 1 amide bonds. The SMILES string of the molecule is NC(=O)c1cnc(-c2ccc(Cl)cn2)nc1N. The van der Waals surface area contributed by atoms with E-state index in [0.717, 1.165) is 0 Å². The molecule has 4 N–H and O–H groups in total. The van der Waals surface area contributed by atoms with Gasteiger partial charge in [-0.25, -0.2) is 9.97 Å². The molecule has 0 saturated heterocycles. The number of nitrogens with two attached hydrogens (primary N) is 2. The van der Waals surface area contributed by atoms with Crippen LogP contribution >= 0.6 is 11.6 Å². The summed E-state index contributed by atoms with van der Waals surface area (Å²) in [6, 6.07) is 3.31. The highest BCUT2D eigenvalue weighted by Gasteiger charge is 2.10. The Morgan fingerprint density at radius 1 is 1.24 bits per heavy atom. The second kappa shape index (κ2) is 4.34. The minimum Gasteiger partial charge on any atom is -0.383 e. The first-order valence-electron chi connectivity index (χ1n) is 4.62. The highest BCUT2D eigenvalue weighted by atomic mass is 35.5. The van der Waals surface area contributed by atoms with E-state index in [2.05, 4.69) is 15.0 Å². The Morgan fingerprint density at radius 2 is 2.00 bits per heavy atom. The number of anilines is 1. The number of primary amides is 1. The fourth-order valence-electron chi connectivity index (χ4n) is 1.22. The highest BCUT2D eigenvalue weighted by Crippen LogP contribution is 2.16. The van der Waals surface area contributed by atoms with E-state index < -0.39 is 5.91 Å². The first-order chi connectivity index (χ1) is 8.08. The number of carbonyl (C=O) groups excluding carboxylic acids is 1. The summed E-state index contributed by atoms with van der Waals surface area (Å²) >= 11 is 5.71. The van der Waals surface area contributed by atoms with Crippen LogP contribution in [0.25, 0.3) is 11.5 Å². The maximum atomic E-state index is 10.9. The summed E-state index contributed by atoms with van der Waals surface area (Å²) in [5, 5.41) is 0.510. The highest BCUT2D eigenvalue weighted by molar-refractivity contribution is 6.30. The molecule has 0 aliphatic rings. The number of pyridine rings is 1. The van der Waals surface area contributed by atoms with Gasteiger partial charge in [0, 0.05) is 12.4 Å². The van der Waals surface area contributed by atoms with Crippen molar-refractivity contribution in [1.82, 2.24) is 15.0 Å². The van der Waals surface area contributed by atoms with Crippen LogP contribution in [0.1, 0.15) is 10.4 Å². The Labute approximate surface area is 102 Å². The van der Waals surface area contributed by atoms with E-state index >= 15 is 0 Å². The van der Waals surface area contributed by atoms with Gasteiger partial charge in [-0.15, -0.1) is 0 Å². The summed E-state index contributed by atoms with van der Waals surface area (Å²) in [5.74, 6) is -0.332. The van der Waals surface area contributed by atoms with Crippen molar-refractivity contribution in [2.75, 3.05) is 5.73 Å². The largest absolute Gasteiger partial charge is 0.383 e. The molecule has 0 saturated carbocycles. The van der Waals surface area contributed by atoms with E-state index in [9.17, 15) is 4.79 Å². The topological polar surface area (TPSA) is 108 Å². The third kappa shape index (κ3) is 2.31. The summed E-state index contributed by atoms with van der Waals surface area (Å²) in [5.41, 5.74) is 11.3. The standard InChI is InChI=1S/C10H8ClN5O/c11-5-1-2-7(14-3-5)10-15-4-6(9(13)17)8(12)16-10/h1-4H,(H2,13,17)(H2,12,15,16). The number of hydrogen-bond donors (Lipinski definition) is 2. The number of nitrogen functional groups attached to an aromatic ring is 1.